The number of nitrogens with one attached hydrogen (secondary N) is 1. The van der Waals surface area contributed by atoms with Crippen molar-refractivity contribution in [3.63, 3.8) is 0 Å². The van der Waals surface area contributed by atoms with Crippen LogP contribution in [0, 0.1) is 6.92 Å². The second-order valence-corrected chi connectivity index (χ2v) is 5.46. The van der Waals surface area contributed by atoms with E-state index in [2.05, 4.69) is 41.5 Å². The lowest BCUT2D eigenvalue weighted by molar-refractivity contribution is 0.242. The maximum absolute atomic E-state index is 5.80. The topological polar surface area (TPSA) is 34.1 Å². The summed E-state index contributed by atoms with van der Waals surface area (Å²) in [5.41, 5.74) is 3.47. The van der Waals surface area contributed by atoms with E-state index in [0.29, 0.717) is 0 Å². The van der Waals surface area contributed by atoms with Gasteiger partial charge in [0.1, 0.15) is 5.75 Å². The predicted molar refractivity (Wildman–Crippen MR) is 86.7 cm³/mol. The molecule has 1 unspecified atom stereocenters. The zero-order chi connectivity index (χ0) is 15.2. The van der Waals surface area contributed by atoms with E-state index in [-0.39, 0.29) is 12.1 Å². The number of hydrogen-bond donors (Lipinski definition) is 1. The van der Waals surface area contributed by atoms with Gasteiger partial charge in [-0.05, 0) is 62.7 Å². The molecular formula is C18H24N2O. The second-order valence-electron chi connectivity index (χ2n) is 5.46. The maximum atomic E-state index is 5.80. The summed E-state index contributed by atoms with van der Waals surface area (Å²) in [5, 5.41) is 3.54. The highest BCUT2D eigenvalue weighted by Crippen LogP contribution is 2.25. The fourth-order valence-electron chi connectivity index (χ4n) is 2.42. The lowest BCUT2D eigenvalue weighted by atomic mass is 9.98. The number of ether oxygens (including phenoxy) is 1. The average Bonchev–Trinajstić information content (AvgIpc) is 2.44. The van der Waals surface area contributed by atoms with Gasteiger partial charge < -0.3 is 10.1 Å². The molecule has 112 valence electrons. The Labute approximate surface area is 127 Å². The number of pyridine rings is 1. The van der Waals surface area contributed by atoms with Crippen LogP contribution < -0.4 is 10.1 Å². The predicted octanol–water partition coefficient (Wildman–Crippen LogP) is 3.88. The van der Waals surface area contributed by atoms with Crippen LogP contribution in [0.4, 0.5) is 0 Å². The van der Waals surface area contributed by atoms with Crippen molar-refractivity contribution >= 4 is 0 Å². The van der Waals surface area contributed by atoms with Gasteiger partial charge in [-0.1, -0.05) is 19.1 Å². The molecule has 0 aliphatic heterocycles. The summed E-state index contributed by atoms with van der Waals surface area (Å²) in [4.78, 5) is 4.28. The molecule has 1 atom stereocenters. The first-order valence-electron chi connectivity index (χ1n) is 7.52. The standard InChI is InChI=1S/C18H24N2O/c1-5-19-18(16-9-10-20-14(4)11-16)15-7-6-8-17(12-15)21-13(2)3/h6-13,18-19H,5H2,1-4H3. The molecule has 1 aromatic carbocycles. The summed E-state index contributed by atoms with van der Waals surface area (Å²) in [5.74, 6) is 0.913. The third-order valence-corrected chi connectivity index (χ3v) is 3.23. The van der Waals surface area contributed by atoms with Crippen molar-refractivity contribution in [2.75, 3.05) is 6.54 Å². The molecule has 3 heteroatoms. The Balaban J connectivity index is 2.34. The average molecular weight is 284 g/mol. The Morgan fingerprint density at radius 2 is 1.90 bits per heavy atom. The molecule has 0 amide bonds. The number of aromatic nitrogens is 1. The number of aryl methyl sites for hydroxylation is 1. The van der Waals surface area contributed by atoms with Gasteiger partial charge in [0.05, 0.1) is 12.1 Å². The molecule has 0 saturated carbocycles. The molecule has 0 fully saturated rings. The Morgan fingerprint density at radius 3 is 2.57 bits per heavy atom. The van der Waals surface area contributed by atoms with Gasteiger partial charge in [0.25, 0.3) is 0 Å². The van der Waals surface area contributed by atoms with Crippen molar-refractivity contribution in [2.24, 2.45) is 0 Å². The molecule has 0 aliphatic rings. The van der Waals surface area contributed by atoms with Crippen LogP contribution in [0.25, 0.3) is 0 Å². The molecule has 3 nitrogen and oxygen atoms in total. The first-order valence-corrected chi connectivity index (χ1v) is 7.52. The molecule has 1 aromatic heterocycles. The summed E-state index contributed by atoms with van der Waals surface area (Å²) in [7, 11) is 0. The van der Waals surface area contributed by atoms with Crippen LogP contribution in [0.2, 0.25) is 0 Å². The van der Waals surface area contributed by atoms with Crippen molar-refractivity contribution in [1.29, 1.82) is 0 Å². The number of nitrogens with zero attached hydrogens (tertiary/aromatic N) is 1. The van der Waals surface area contributed by atoms with E-state index in [1.165, 1.54) is 11.1 Å². The van der Waals surface area contributed by atoms with E-state index >= 15 is 0 Å². The number of benzene rings is 1. The smallest absolute Gasteiger partial charge is 0.120 e. The molecule has 0 radical (unpaired) electrons. The monoisotopic (exact) mass is 284 g/mol. The quantitative estimate of drug-likeness (QED) is 0.874. The fraction of sp³-hybridized carbons (Fsp3) is 0.389. The van der Waals surface area contributed by atoms with Crippen LogP contribution in [-0.4, -0.2) is 17.6 Å². The van der Waals surface area contributed by atoms with Crippen LogP contribution in [-0.2, 0) is 0 Å². The molecule has 0 spiro atoms. The van der Waals surface area contributed by atoms with Gasteiger partial charge in [0.15, 0.2) is 0 Å². The summed E-state index contributed by atoms with van der Waals surface area (Å²) < 4.78 is 5.80. The van der Waals surface area contributed by atoms with E-state index in [4.69, 9.17) is 4.74 Å². The molecule has 2 rings (SSSR count). The van der Waals surface area contributed by atoms with Crippen molar-refractivity contribution in [2.45, 2.75) is 39.8 Å². The summed E-state index contributed by atoms with van der Waals surface area (Å²) >= 11 is 0. The van der Waals surface area contributed by atoms with Gasteiger partial charge in [0.2, 0.25) is 0 Å². The minimum absolute atomic E-state index is 0.160. The molecule has 21 heavy (non-hydrogen) atoms. The summed E-state index contributed by atoms with van der Waals surface area (Å²) in [6.07, 6.45) is 2.05. The van der Waals surface area contributed by atoms with Crippen LogP contribution in [0.1, 0.15) is 43.6 Å². The van der Waals surface area contributed by atoms with Gasteiger partial charge in [-0.15, -0.1) is 0 Å². The minimum atomic E-state index is 0.160. The van der Waals surface area contributed by atoms with Gasteiger partial charge in [-0.2, -0.15) is 0 Å². The number of rotatable bonds is 6. The van der Waals surface area contributed by atoms with Gasteiger partial charge in [0, 0.05) is 11.9 Å². The van der Waals surface area contributed by atoms with Crippen LogP contribution in [0.5, 0.6) is 5.75 Å². The van der Waals surface area contributed by atoms with Crippen molar-refractivity contribution < 1.29 is 4.74 Å². The van der Waals surface area contributed by atoms with E-state index in [9.17, 15) is 0 Å². The first-order chi connectivity index (χ1) is 10.1. The summed E-state index contributed by atoms with van der Waals surface area (Å²) in [6, 6.07) is 12.7. The molecule has 0 bridgehead atoms. The summed E-state index contributed by atoms with van der Waals surface area (Å²) in [6.45, 7) is 9.13. The lowest BCUT2D eigenvalue weighted by Crippen LogP contribution is -2.22. The van der Waals surface area contributed by atoms with Gasteiger partial charge in [-0.3, -0.25) is 4.98 Å². The van der Waals surface area contributed by atoms with Crippen molar-refractivity contribution in [3.8, 4) is 5.75 Å². The molecule has 1 N–H and O–H groups in total. The third-order valence-electron chi connectivity index (χ3n) is 3.23. The zero-order valence-corrected chi connectivity index (χ0v) is 13.3. The van der Waals surface area contributed by atoms with Gasteiger partial charge in [-0.25, -0.2) is 0 Å². The molecule has 0 aliphatic carbocycles. The first kappa shape index (κ1) is 15.5. The highest BCUT2D eigenvalue weighted by Gasteiger charge is 2.14. The normalized spacial score (nSPS) is 12.4. The maximum Gasteiger partial charge on any atom is 0.120 e. The van der Waals surface area contributed by atoms with E-state index in [0.717, 1.165) is 18.0 Å². The van der Waals surface area contributed by atoms with Crippen molar-refractivity contribution in [3.05, 3.63) is 59.4 Å². The SMILES string of the molecule is CCNC(c1cccc(OC(C)C)c1)c1ccnc(C)c1. The Hall–Kier alpha value is -1.87. The van der Waals surface area contributed by atoms with Crippen LogP contribution >= 0.6 is 0 Å². The lowest BCUT2D eigenvalue weighted by Gasteiger charge is -2.20. The number of hydrogen-bond acceptors (Lipinski definition) is 3. The molecular weight excluding hydrogens is 260 g/mol. The largest absolute Gasteiger partial charge is 0.491 e. The Bertz CT molecular complexity index is 581. The van der Waals surface area contributed by atoms with Crippen LogP contribution in [0.3, 0.4) is 0 Å². The van der Waals surface area contributed by atoms with Gasteiger partial charge >= 0.3 is 0 Å². The highest BCUT2D eigenvalue weighted by molar-refractivity contribution is 5.37. The van der Waals surface area contributed by atoms with Crippen molar-refractivity contribution in [1.82, 2.24) is 10.3 Å². The zero-order valence-electron chi connectivity index (χ0n) is 13.3. The third kappa shape index (κ3) is 4.30. The highest BCUT2D eigenvalue weighted by atomic mass is 16.5. The van der Waals surface area contributed by atoms with Crippen LogP contribution in [0.15, 0.2) is 42.6 Å². The fourth-order valence-corrected chi connectivity index (χ4v) is 2.42. The van der Waals surface area contributed by atoms with E-state index in [1.807, 2.05) is 39.1 Å². The molecule has 0 saturated heterocycles. The molecule has 1 heterocycles. The minimum Gasteiger partial charge on any atom is -0.491 e. The van der Waals surface area contributed by atoms with E-state index in [1.54, 1.807) is 0 Å². The Kier molecular flexibility index (Phi) is 5.34. The Morgan fingerprint density at radius 1 is 1.14 bits per heavy atom. The molecule has 2 aromatic rings. The second kappa shape index (κ2) is 7.23. The van der Waals surface area contributed by atoms with E-state index < -0.39 is 0 Å².